The van der Waals surface area contributed by atoms with Crippen LogP contribution < -0.4 is 0 Å². The first-order valence-corrected chi connectivity index (χ1v) is 9.39. The molecule has 0 atom stereocenters. The zero-order valence-electron chi connectivity index (χ0n) is 14.1. The van der Waals surface area contributed by atoms with Gasteiger partial charge in [-0.3, -0.25) is 9.59 Å². The first-order valence-electron chi connectivity index (χ1n) is 8.58. The predicted molar refractivity (Wildman–Crippen MR) is 91.8 cm³/mol. The Bertz CT molecular complexity index is 792. The van der Waals surface area contributed by atoms with Crippen molar-refractivity contribution in [2.75, 3.05) is 26.2 Å². The zero-order valence-corrected chi connectivity index (χ0v) is 15.0. The number of carbonyl (C=O) groups excluding carboxylic acids is 2. The second kappa shape index (κ2) is 6.55. The summed E-state index contributed by atoms with van der Waals surface area (Å²) in [6, 6.07) is 0. The molecule has 0 bridgehead atoms. The van der Waals surface area contributed by atoms with Gasteiger partial charge in [0, 0.05) is 38.0 Å². The van der Waals surface area contributed by atoms with Crippen LogP contribution in [0.4, 0.5) is 0 Å². The monoisotopic (exact) mass is 360 g/mol. The van der Waals surface area contributed by atoms with E-state index in [-0.39, 0.29) is 11.8 Å². The van der Waals surface area contributed by atoms with E-state index in [2.05, 4.69) is 15.5 Å². The van der Waals surface area contributed by atoms with E-state index in [4.69, 9.17) is 0 Å². The molecule has 1 aliphatic heterocycles. The maximum absolute atomic E-state index is 13.3. The highest BCUT2D eigenvalue weighted by molar-refractivity contribution is 7.15. The van der Waals surface area contributed by atoms with Crippen molar-refractivity contribution < 1.29 is 9.59 Å². The first-order chi connectivity index (χ1) is 12.1. The van der Waals surface area contributed by atoms with Gasteiger partial charge in [0.15, 0.2) is 0 Å². The maximum Gasteiger partial charge on any atom is 0.257 e. The molecular weight excluding hydrogens is 340 g/mol. The molecule has 0 radical (unpaired) electrons. The molecule has 0 unspecified atom stereocenters. The van der Waals surface area contributed by atoms with Crippen molar-refractivity contribution in [3.63, 3.8) is 0 Å². The van der Waals surface area contributed by atoms with Gasteiger partial charge in [-0.15, -0.1) is 16.4 Å². The summed E-state index contributed by atoms with van der Waals surface area (Å²) in [6.45, 7) is 3.89. The summed E-state index contributed by atoms with van der Waals surface area (Å²) in [5.41, 5.74) is 1.92. The number of aryl methyl sites for hydroxylation is 1. The molecule has 2 aliphatic rings. The van der Waals surface area contributed by atoms with Crippen LogP contribution in [-0.4, -0.2) is 68.0 Å². The fourth-order valence-electron chi connectivity index (χ4n) is 3.57. The average Bonchev–Trinajstić information content (AvgIpc) is 3.28. The van der Waals surface area contributed by atoms with Crippen molar-refractivity contribution in [2.24, 2.45) is 0 Å². The van der Waals surface area contributed by atoms with E-state index in [9.17, 15) is 9.59 Å². The summed E-state index contributed by atoms with van der Waals surface area (Å²) in [5, 5.41) is 12.2. The molecule has 132 valence electrons. The van der Waals surface area contributed by atoms with Gasteiger partial charge in [-0.25, -0.2) is 0 Å². The normalized spacial score (nSPS) is 17.5. The van der Waals surface area contributed by atoms with Gasteiger partial charge in [-0.2, -0.15) is 4.68 Å². The number of hydrogen-bond donors (Lipinski definition) is 0. The van der Waals surface area contributed by atoms with Gasteiger partial charge >= 0.3 is 0 Å². The number of aromatic nitrogens is 4. The van der Waals surface area contributed by atoms with Crippen molar-refractivity contribution in [1.82, 2.24) is 30.0 Å². The molecule has 2 amide bonds. The van der Waals surface area contributed by atoms with Crippen LogP contribution in [0.15, 0.2) is 6.33 Å². The fraction of sp³-hybridized carbons (Fsp3) is 0.562. The molecule has 4 rings (SSSR count). The number of nitrogens with zero attached hydrogens (tertiary/aromatic N) is 6. The lowest BCUT2D eigenvalue weighted by atomic mass is 9.95. The van der Waals surface area contributed by atoms with Gasteiger partial charge in [-0.1, -0.05) is 0 Å². The summed E-state index contributed by atoms with van der Waals surface area (Å²) < 4.78 is 1.60. The Kier molecular flexibility index (Phi) is 4.24. The third kappa shape index (κ3) is 2.92. The molecule has 1 aliphatic carbocycles. The molecule has 8 nitrogen and oxygen atoms in total. The molecule has 9 heteroatoms. The number of fused-ring (bicyclic) bond motifs is 1. The number of tetrazole rings is 1. The van der Waals surface area contributed by atoms with E-state index in [1.54, 1.807) is 34.2 Å². The van der Waals surface area contributed by atoms with Crippen LogP contribution in [0.1, 0.15) is 40.6 Å². The lowest BCUT2D eigenvalue weighted by molar-refractivity contribution is -0.130. The first kappa shape index (κ1) is 16.2. The minimum absolute atomic E-state index is 0.0353. The Labute approximate surface area is 149 Å². The van der Waals surface area contributed by atoms with E-state index >= 15 is 0 Å². The summed E-state index contributed by atoms with van der Waals surface area (Å²) in [7, 11) is 0. The third-order valence-corrected chi connectivity index (χ3v) is 6.22. The van der Waals surface area contributed by atoms with Crippen molar-refractivity contribution >= 4 is 23.2 Å². The number of carbonyl (C=O) groups is 2. The van der Waals surface area contributed by atoms with Crippen LogP contribution in [0.25, 0.3) is 5.00 Å². The lowest BCUT2D eigenvalue weighted by Crippen LogP contribution is -2.50. The standard InChI is InChI=1S/C16H20N6O2S/c1-11(23)20-6-8-21(9-7-20)15(24)14-12-4-2-3-5-13(12)25-16(14)22-10-17-18-19-22/h10H,2-9H2,1H3. The van der Waals surface area contributed by atoms with Gasteiger partial charge in [0.1, 0.15) is 11.3 Å². The van der Waals surface area contributed by atoms with Gasteiger partial charge < -0.3 is 9.80 Å². The fourth-order valence-corrected chi connectivity index (χ4v) is 4.87. The van der Waals surface area contributed by atoms with Gasteiger partial charge in [-0.05, 0) is 41.7 Å². The molecule has 25 heavy (non-hydrogen) atoms. The van der Waals surface area contributed by atoms with Crippen molar-refractivity contribution in [3.05, 3.63) is 22.3 Å². The highest BCUT2D eigenvalue weighted by atomic mass is 32.1. The van der Waals surface area contributed by atoms with Crippen molar-refractivity contribution in [1.29, 1.82) is 0 Å². The average molecular weight is 360 g/mol. The molecule has 0 aromatic carbocycles. The van der Waals surface area contributed by atoms with E-state index in [0.717, 1.165) is 36.2 Å². The summed E-state index contributed by atoms with van der Waals surface area (Å²) >= 11 is 1.63. The SMILES string of the molecule is CC(=O)N1CCN(C(=O)c2c(-n3cnnn3)sc3c2CCCC3)CC1. The Balaban J connectivity index is 1.66. The van der Waals surface area contributed by atoms with Crippen molar-refractivity contribution in [3.8, 4) is 5.00 Å². The quantitative estimate of drug-likeness (QED) is 0.795. The topological polar surface area (TPSA) is 84.2 Å². The van der Waals surface area contributed by atoms with Crippen LogP contribution in [-0.2, 0) is 17.6 Å². The number of amides is 2. The molecule has 3 heterocycles. The van der Waals surface area contributed by atoms with Crippen LogP contribution in [0.5, 0.6) is 0 Å². The Morgan fingerprint density at radius 2 is 1.80 bits per heavy atom. The lowest BCUT2D eigenvalue weighted by Gasteiger charge is -2.34. The summed E-state index contributed by atoms with van der Waals surface area (Å²) in [6.07, 6.45) is 5.76. The van der Waals surface area contributed by atoms with E-state index in [0.29, 0.717) is 26.2 Å². The van der Waals surface area contributed by atoms with Crippen LogP contribution >= 0.6 is 11.3 Å². The van der Waals surface area contributed by atoms with Gasteiger partial charge in [0.25, 0.3) is 5.91 Å². The van der Waals surface area contributed by atoms with Crippen LogP contribution in [0.3, 0.4) is 0 Å². The maximum atomic E-state index is 13.3. The molecule has 1 fully saturated rings. The Hall–Kier alpha value is -2.29. The third-order valence-electron chi connectivity index (χ3n) is 4.94. The largest absolute Gasteiger partial charge is 0.339 e. The number of hydrogen-bond acceptors (Lipinski definition) is 6. The Morgan fingerprint density at radius 1 is 1.08 bits per heavy atom. The van der Waals surface area contributed by atoms with Crippen LogP contribution in [0, 0.1) is 0 Å². The smallest absolute Gasteiger partial charge is 0.257 e. The zero-order chi connectivity index (χ0) is 17.4. The molecule has 2 aromatic rings. The highest BCUT2D eigenvalue weighted by Crippen LogP contribution is 2.37. The van der Waals surface area contributed by atoms with E-state index in [1.165, 1.54) is 10.4 Å². The van der Waals surface area contributed by atoms with E-state index < -0.39 is 0 Å². The second-order valence-corrected chi connectivity index (χ2v) is 7.53. The minimum atomic E-state index is 0.0353. The van der Waals surface area contributed by atoms with Crippen LogP contribution in [0.2, 0.25) is 0 Å². The molecule has 0 spiro atoms. The van der Waals surface area contributed by atoms with Crippen molar-refractivity contribution in [2.45, 2.75) is 32.6 Å². The second-order valence-electron chi connectivity index (χ2n) is 6.44. The minimum Gasteiger partial charge on any atom is -0.339 e. The molecule has 2 aromatic heterocycles. The number of rotatable bonds is 2. The van der Waals surface area contributed by atoms with Gasteiger partial charge in [0.05, 0.1) is 5.56 Å². The Morgan fingerprint density at radius 3 is 2.48 bits per heavy atom. The van der Waals surface area contributed by atoms with Gasteiger partial charge in [0.2, 0.25) is 5.91 Å². The summed E-state index contributed by atoms with van der Waals surface area (Å²) in [4.78, 5) is 29.7. The molecule has 0 N–H and O–H groups in total. The van der Waals surface area contributed by atoms with E-state index in [1.807, 2.05) is 4.90 Å². The molecular formula is C16H20N6O2S. The molecule has 1 saturated heterocycles. The molecule has 0 saturated carbocycles. The highest BCUT2D eigenvalue weighted by Gasteiger charge is 2.31. The number of piperazine rings is 1. The predicted octanol–water partition coefficient (Wildman–Crippen LogP) is 0.907. The number of thiophene rings is 1. The summed E-state index contributed by atoms with van der Waals surface area (Å²) in [5.74, 6) is 0.0995.